The summed E-state index contributed by atoms with van der Waals surface area (Å²) < 4.78 is 5.02. The van der Waals surface area contributed by atoms with E-state index in [0.29, 0.717) is 11.6 Å². The predicted molar refractivity (Wildman–Crippen MR) is 69.7 cm³/mol. The Morgan fingerprint density at radius 3 is 2.69 bits per heavy atom. The number of rotatable bonds is 6. The molecule has 0 aliphatic heterocycles. The number of methoxy groups -OCH3 is 1. The minimum atomic E-state index is -0.0136. The van der Waals surface area contributed by atoms with Gasteiger partial charge in [-0.25, -0.2) is 0 Å². The zero-order valence-electron chi connectivity index (χ0n) is 9.03. The molecular weight excluding hydrogens is 246 g/mol. The number of hydrogen-bond donors (Lipinski definition) is 1. The summed E-state index contributed by atoms with van der Waals surface area (Å²) in [5.74, 6) is 2.55. The minimum absolute atomic E-state index is 0.0136. The van der Waals surface area contributed by atoms with Crippen LogP contribution in [0.1, 0.15) is 0 Å². The van der Waals surface area contributed by atoms with Gasteiger partial charge in [-0.3, -0.25) is 4.79 Å². The molecule has 0 fully saturated rings. The molecule has 0 saturated heterocycles. The second-order valence-electron chi connectivity index (χ2n) is 3.02. The van der Waals surface area contributed by atoms with Crippen LogP contribution in [0.2, 0.25) is 0 Å². The second kappa shape index (κ2) is 7.41. The van der Waals surface area contributed by atoms with Crippen molar-refractivity contribution in [3.63, 3.8) is 0 Å². The van der Waals surface area contributed by atoms with Crippen LogP contribution in [-0.4, -0.2) is 30.4 Å². The third-order valence-electron chi connectivity index (χ3n) is 1.83. The van der Waals surface area contributed by atoms with Crippen LogP contribution in [0.3, 0.4) is 0 Å². The van der Waals surface area contributed by atoms with E-state index in [9.17, 15) is 4.79 Å². The largest absolute Gasteiger partial charge is 0.497 e. The number of hydrogen-bond acceptors (Lipinski definition) is 3. The quantitative estimate of drug-likeness (QED) is 0.630. The van der Waals surface area contributed by atoms with E-state index >= 15 is 0 Å². The summed E-state index contributed by atoms with van der Waals surface area (Å²) in [7, 11) is 1.61. The molecule has 88 valence electrons. The summed E-state index contributed by atoms with van der Waals surface area (Å²) in [4.78, 5) is 11.4. The van der Waals surface area contributed by atoms with Gasteiger partial charge in [0.15, 0.2) is 0 Å². The number of halogens is 1. The summed E-state index contributed by atoms with van der Waals surface area (Å²) >= 11 is 7.03. The van der Waals surface area contributed by atoms with Crippen molar-refractivity contribution in [3.05, 3.63) is 24.3 Å². The van der Waals surface area contributed by atoms with Crippen molar-refractivity contribution in [1.82, 2.24) is 0 Å². The minimum Gasteiger partial charge on any atom is -0.497 e. The maximum absolute atomic E-state index is 11.4. The van der Waals surface area contributed by atoms with E-state index in [4.69, 9.17) is 16.3 Å². The van der Waals surface area contributed by atoms with E-state index < -0.39 is 0 Å². The molecule has 0 heterocycles. The lowest BCUT2D eigenvalue weighted by Crippen LogP contribution is -2.14. The lowest BCUT2D eigenvalue weighted by Gasteiger charge is -2.05. The van der Waals surface area contributed by atoms with Crippen molar-refractivity contribution in [1.29, 1.82) is 0 Å². The number of nitrogens with one attached hydrogen (secondary N) is 1. The molecule has 5 heteroatoms. The molecule has 1 aromatic rings. The Balaban J connectivity index is 2.37. The van der Waals surface area contributed by atoms with Crippen LogP contribution in [0, 0.1) is 0 Å². The van der Waals surface area contributed by atoms with Gasteiger partial charge in [0.2, 0.25) is 5.91 Å². The van der Waals surface area contributed by atoms with Crippen LogP contribution in [-0.2, 0) is 4.79 Å². The lowest BCUT2D eigenvalue weighted by atomic mass is 10.3. The molecule has 0 unspecified atom stereocenters. The first kappa shape index (κ1) is 13.2. The van der Waals surface area contributed by atoms with Gasteiger partial charge in [0, 0.05) is 17.3 Å². The van der Waals surface area contributed by atoms with Gasteiger partial charge in [-0.15, -0.1) is 11.6 Å². The maximum Gasteiger partial charge on any atom is 0.234 e. The number of benzene rings is 1. The van der Waals surface area contributed by atoms with Gasteiger partial charge in [-0.05, 0) is 24.3 Å². The molecule has 16 heavy (non-hydrogen) atoms. The number of carbonyl (C=O) groups excluding carboxylic acids is 1. The maximum atomic E-state index is 11.4. The van der Waals surface area contributed by atoms with Gasteiger partial charge in [0.05, 0.1) is 12.9 Å². The van der Waals surface area contributed by atoms with Gasteiger partial charge < -0.3 is 10.1 Å². The van der Waals surface area contributed by atoms with E-state index in [-0.39, 0.29) is 5.91 Å². The topological polar surface area (TPSA) is 38.3 Å². The van der Waals surface area contributed by atoms with Crippen molar-refractivity contribution >= 4 is 35.0 Å². The van der Waals surface area contributed by atoms with Crippen LogP contribution in [0.25, 0.3) is 0 Å². The molecular formula is C11H14ClNO2S. The molecule has 0 bridgehead atoms. The fourth-order valence-electron chi connectivity index (χ4n) is 1.09. The third-order valence-corrected chi connectivity index (χ3v) is 3.20. The van der Waals surface area contributed by atoms with Gasteiger partial charge in [0.25, 0.3) is 0 Å². The Bertz CT molecular complexity index is 329. The molecule has 0 atom stereocenters. The number of ether oxygens (including phenoxy) is 1. The average molecular weight is 260 g/mol. The highest BCUT2D eigenvalue weighted by Crippen LogP contribution is 2.15. The average Bonchev–Trinajstić information content (AvgIpc) is 2.30. The first-order valence-corrected chi connectivity index (χ1v) is 6.53. The molecule has 0 aliphatic rings. The van der Waals surface area contributed by atoms with E-state index in [1.165, 1.54) is 11.8 Å². The highest BCUT2D eigenvalue weighted by atomic mass is 35.5. The molecule has 1 N–H and O–H groups in total. The Hall–Kier alpha value is -0.870. The summed E-state index contributed by atoms with van der Waals surface area (Å²) in [6, 6.07) is 7.23. The molecule has 0 aromatic heterocycles. The Kier molecular flexibility index (Phi) is 6.11. The number of amides is 1. The summed E-state index contributed by atoms with van der Waals surface area (Å²) in [6.45, 7) is 0. The van der Waals surface area contributed by atoms with Crippen LogP contribution in [0.4, 0.5) is 5.69 Å². The van der Waals surface area contributed by atoms with Crippen LogP contribution < -0.4 is 10.1 Å². The highest BCUT2D eigenvalue weighted by Gasteiger charge is 2.02. The number of alkyl halides is 1. The number of thioether (sulfide) groups is 1. The monoisotopic (exact) mass is 259 g/mol. The standard InChI is InChI=1S/C11H14ClNO2S/c1-15-10-4-2-9(3-5-10)13-11(14)8-16-7-6-12/h2-5H,6-8H2,1H3,(H,13,14). The molecule has 0 saturated carbocycles. The van der Waals surface area contributed by atoms with E-state index in [0.717, 1.165) is 17.2 Å². The van der Waals surface area contributed by atoms with E-state index in [1.807, 2.05) is 24.3 Å². The first-order valence-electron chi connectivity index (χ1n) is 4.84. The zero-order chi connectivity index (χ0) is 11.8. The Morgan fingerprint density at radius 1 is 1.44 bits per heavy atom. The van der Waals surface area contributed by atoms with Crippen molar-refractivity contribution in [2.45, 2.75) is 0 Å². The van der Waals surface area contributed by atoms with Crippen LogP contribution >= 0.6 is 23.4 Å². The predicted octanol–water partition coefficient (Wildman–Crippen LogP) is 2.61. The molecule has 0 radical (unpaired) electrons. The molecule has 0 aliphatic carbocycles. The number of anilines is 1. The van der Waals surface area contributed by atoms with Crippen LogP contribution in [0.15, 0.2) is 24.3 Å². The SMILES string of the molecule is COc1ccc(NC(=O)CSCCCl)cc1. The van der Waals surface area contributed by atoms with Crippen molar-refractivity contribution in [3.8, 4) is 5.75 Å². The van der Waals surface area contributed by atoms with E-state index in [2.05, 4.69) is 5.32 Å². The van der Waals surface area contributed by atoms with Crippen molar-refractivity contribution in [2.75, 3.05) is 29.8 Å². The first-order chi connectivity index (χ1) is 7.76. The molecule has 1 aromatic carbocycles. The fraction of sp³-hybridized carbons (Fsp3) is 0.364. The third kappa shape index (κ3) is 4.77. The number of carbonyl (C=O) groups is 1. The van der Waals surface area contributed by atoms with Gasteiger partial charge in [-0.1, -0.05) is 0 Å². The Labute approximate surface area is 105 Å². The summed E-state index contributed by atoms with van der Waals surface area (Å²) in [6.07, 6.45) is 0. The molecule has 0 spiro atoms. The lowest BCUT2D eigenvalue weighted by molar-refractivity contribution is -0.113. The summed E-state index contributed by atoms with van der Waals surface area (Å²) in [5.41, 5.74) is 0.775. The molecule has 3 nitrogen and oxygen atoms in total. The second-order valence-corrected chi connectivity index (χ2v) is 4.50. The molecule has 1 amide bonds. The van der Waals surface area contributed by atoms with Gasteiger partial charge in [-0.2, -0.15) is 11.8 Å². The molecule has 1 rings (SSSR count). The van der Waals surface area contributed by atoms with Crippen LogP contribution in [0.5, 0.6) is 5.75 Å². The Morgan fingerprint density at radius 2 is 2.12 bits per heavy atom. The fourth-order valence-corrected chi connectivity index (χ4v) is 1.93. The van der Waals surface area contributed by atoms with Gasteiger partial charge >= 0.3 is 0 Å². The van der Waals surface area contributed by atoms with E-state index in [1.54, 1.807) is 7.11 Å². The highest BCUT2D eigenvalue weighted by molar-refractivity contribution is 8.00. The zero-order valence-corrected chi connectivity index (χ0v) is 10.6. The van der Waals surface area contributed by atoms with Crippen molar-refractivity contribution < 1.29 is 9.53 Å². The normalized spacial score (nSPS) is 9.88. The van der Waals surface area contributed by atoms with Crippen molar-refractivity contribution in [2.24, 2.45) is 0 Å². The summed E-state index contributed by atoms with van der Waals surface area (Å²) in [5, 5.41) is 2.79. The smallest absolute Gasteiger partial charge is 0.234 e. The van der Waals surface area contributed by atoms with Gasteiger partial charge in [0.1, 0.15) is 5.75 Å².